The van der Waals surface area contributed by atoms with E-state index in [1.807, 2.05) is 39.1 Å². The molecule has 4 bridgehead atoms. The Morgan fingerprint density at radius 1 is 1.00 bits per heavy atom. The number of ether oxygens (including phenoxy) is 1. The molecule has 12 heteroatoms. The fraction of sp³-hybridized carbons (Fsp3) is 0.462. The van der Waals surface area contributed by atoms with Gasteiger partial charge in [0.15, 0.2) is 0 Å². The number of carbonyl (C=O) groups is 1. The van der Waals surface area contributed by atoms with Crippen LogP contribution in [0.25, 0.3) is 11.3 Å². The normalized spacial score (nSPS) is 18.7. The van der Waals surface area contributed by atoms with Gasteiger partial charge in [-0.25, -0.2) is 23.1 Å². The lowest BCUT2D eigenvalue weighted by Gasteiger charge is -2.47. The second kappa shape index (κ2) is 13.9. The van der Waals surface area contributed by atoms with E-state index in [0.717, 1.165) is 41.8 Å². The van der Waals surface area contributed by atoms with Gasteiger partial charge in [0.05, 0.1) is 41.3 Å². The van der Waals surface area contributed by atoms with E-state index in [2.05, 4.69) is 59.2 Å². The van der Waals surface area contributed by atoms with Crippen molar-refractivity contribution in [3.05, 3.63) is 83.3 Å². The van der Waals surface area contributed by atoms with Crippen molar-refractivity contribution in [1.29, 1.82) is 0 Å². The van der Waals surface area contributed by atoms with Crippen LogP contribution in [0.3, 0.4) is 0 Å². The molecule has 1 saturated carbocycles. The molecule has 11 nitrogen and oxygen atoms in total. The van der Waals surface area contributed by atoms with Crippen molar-refractivity contribution in [2.24, 2.45) is 10.8 Å². The molecule has 2 aliphatic rings. The highest BCUT2D eigenvalue weighted by atomic mass is 32.2. The first-order valence-electron chi connectivity index (χ1n) is 17.5. The van der Waals surface area contributed by atoms with Crippen LogP contribution in [0.5, 0.6) is 5.88 Å². The molecule has 1 N–H and O–H groups in total. The maximum absolute atomic E-state index is 14.6. The number of nitrogens with one attached hydrogen (secondary N) is 1. The third-order valence-electron chi connectivity index (χ3n) is 9.90. The van der Waals surface area contributed by atoms with Crippen LogP contribution < -0.4 is 14.4 Å². The molecule has 270 valence electrons. The Kier molecular flexibility index (Phi) is 9.84. The smallest absolute Gasteiger partial charge is 0.264 e. The third-order valence-corrected chi connectivity index (χ3v) is 11.2. The molecule has 2 aromatic carbocycles. The largest absolute Gasteiger partial charge is 0.475 e. The molecule has 1 amide bonds. The number of hydrogen-bond acceptors (Lipinski definition) is 9. The van der Waals surface area contributed by atoms with Crippen LogP contribution in [0, 0.1) is 24.7 Å². The molecule has 3 heterocycles. The average Bonchev–Trinajstić information content (AvgIpc) is 3.05. The summed E-state index contributed by atoms with van der Waals surface area (Å²) in [4.78, 5) is 37.1. The summed E-state index contributed by atoms with van der Waals surface area (Å²) in [6.45, 7) is 15.3. The molecule has 51 heavy (non-hydrogen) atoms. The minimum atomic E-state index is -4.18. The molecule has 1 aliphatic heterocycles. The van der Waals surface area contributed by atoms with Crippen molar-refractivity contribution in [3.8, 4) is 17.1 Å². The van der Waals surface area contributed by atoms with Crippen LogP contribution in [-0.2, 0) is 16.6 Å². The molecule has 0 spiro atoms. The maximum atomic E-state index is 14.6. The van der Waals surface area contributed by atoms with Crippen molar-refractivity contribution in [2.45, 2.75) is 97.7 Å². The highest BCUT2D eigenvalue weighted by Crippen LogP contribution is 2.43. The molecule has 4 aromatic rings. The zero-order valence-corrected chi connectivity index (χ0v) is 31.7. The first-order valence-corrected chi connectivity index (χ1v) is 19.0. The van der Waals surface area contributed by atoms with Gasteiger partial charge in [-0.15, -0.1) is 0 Å². The van der Waals surface area contributed by atoms with Gasteiger partial charge < -0.3 is 14.5 Å². The number of nitrogens with zero attached hydrogens (tertiary/aromatic N) is 6. The van der Waals surface area contributed by atoms with Gasteiger partial charge in [0.1, 0.15) is 12.4 Å². The molecule has 1 aliphatic carbocycles. The molecule has 1 atom stereocenters. The number of rotatable bonds is 7. The SMILES string of the molecule is Cc1cccc(C)c1-c1cc2nc(n1)NS(=O)(=O)c1cccc(c1)C(=O)N(Cc1cncc(N(C)C3CC(C)(C)C3)n1)[C@H](CCC(C)(C)C)CO2. The average molecular weight is 712 g/mol. The second-order valence-electron chi connectivity index (χ2n) is 16.0. The molecule has 0 radical (unpaired) electrons. The number of aromatic nitrogens is 4. The summed E-state index contributed by atoms with van der Waals surface area (Å²) in [5, 5.41) is 0. The predicted octanol–water partition coefficient (Wildman–Crippen LogP) is 7.21. The predicted molar refractivity (Wildman–Crippen MR) is 199 cm³/mol. The van der Waals surface area contributed by atoms with E-state index in [1.54, 1.807) is 35.5 Å². The number of aryl methyl sites for hydroxylation is 2. The van der Waals surface area contributed by atoms with Crippen LogP contribution in [-0.4, -0.2) is 64.9 Å². The minimum absolute atomic E-state index is 0.0234. The van der Waals surface area contributed by atoms with Crippen LogP contribution >= 0.6 is 0 Å². The molecule has 6 rings (SSSR count). The highest BCUT2D eigenvalue weighted by Gasteiger charge is 2.39. The number of benzene rings is 2. The van der Waals surface area contributed by atoms with E-state index < -0.39 is 16.1 Å². The Labute approximate surface area is 302 Å². The van der Waals surface area contributed by atoms with Crippen molar-refractivity contribution in [3.63, 3.8) is 0 Å². The summed E-state index contributed by atoms with van der Waals surface area (Å²) in [5.41, 5.74) is 4.50. The second-order valence-corrected chi connectivity index (χ2v) is 17.7. The quantitative estimate of drug-likeness (QED) is 0.211. The Bertz CT molecular complexity index is 2020. The maximum Gasteiger partial charge on any atom is 0.264 e. The van der Waals surface area contributed by atoms with Crippen molar-refractivity contribution in [1.82, 2.24) is 24.8 Å². The lowest BCUT2D eigenvalue weighted by atomic mass is 9.68. The fourth-order valence-corrected chi connectivity index (χ4v) is 7.99. The number of amides is 1. The van der Waals surface area contributed by atoms with Gasteiger partial charge in [-0.1, -0.05) is 58.9 Å². The number of anilines is 2. The summed E-state index contributed by atoms with van der Waals surface area (Å²) >= 11 is 0. The Hall–Kier alpha value is -4.58. The third kappa shape index (κ3) is 8.32. The van der Waals surface area contributed by atoms with E-state index in [-0.39, 0.29) is 46.8 Å². The van der Waals surface area contributed by atoms with E-state index in [1.165, 1.54) is 12.1 Å². The highest BCUT2D eigenvalue weighted by molar-refractivity contribution is 7.92. The molecule has 0 saturated heterocycles. The monoisotopic (exact) mass is 711 g/mol. The van der Waals surface area contributed by atoms with Gasteiger partial charge in [-0.2, -0.15) is 4.98 Å². The molecule has 0 unspecified atom stereocenters. The summed E-state index contributed by atoms with van der Waals surface area (Å²) in [7, 11) is -2.14. The fourth-order valence-electron chi connectivity index (χ4n) is 7.00. The molecule has 1 fully saturated rings. The first-order chi connectivity index (χ1) is 24.0. The Balaban J connectivity index is 1.43. The minimum Gasteiger partial charge on any atom is -0.475 e. The Morgan fingerprint density at radius 3 is 2.39 bits per heavy atom. The van der Waals surface area contributed by atoms with Crippen molar-refractivity contribution >= 4 is 27.7 Å². The first kappa shape index (κ1) is 36.2. The van der Waals surface area contributed by atoms with Gasteiger partial charge in [0, 0.05) is 30.3 Å². The van der Waals surface area contributed by atoms with Crippen LogP contribution in [0.1, 0.15) is 87.5 Å². The lowest BCUT2D eigenvalue weighted by molar-refractivity contribution is 0.0549. The van der Waals surface area contributed by atoms with E-state index in [9.17, 15) is 13.2 Å². The van der Waals surface area contributed by atoms with E-state index >= 15 is 0 Å². The lowest BCUT2D eigenvalue weighted by Crippen LogP contribution is -2.47. The van der Waals surface area contributed by atoms with Gasteiger partial charge in [0.2, 0.25) is 11.8 Å². The number of sulfonamides is 1. The van der Waals surface area contributed by atoms with Crippen molar-refractivity contribution < 1.29 is 17.9 Å². The standard InChI is InChI=1S/C39H49N7O4S/c1-25-11-9-12-26(2)35(25)32-18-34-43-37(42-32)44-51(48,49)31-14-10-13-27(17-31)36(47)46(29(24-50-34)15-16-38(3,4)5)23-28-21-40-22-33(41-28)45(8)30-19-39(6,7)20-30/h9-14,17-18,21-22,29-30H,15-16,19-20,23-24H2,1-8H3,(H,42,43,44)/t29-/m1/s1. The van der Waals surface area contributed by atoms with E-state index in [0.29, 0.717) is 29.3 Å². The molecular formula is C39H49N7O4S. The van der Waals surface area contributed by atoms with Gasteiger partial charge in [-0.3, -0.25) is 9.78 Å². The van der Waals surface area contributed by atoms with Crippen LogP contribution in [0.15, 0.2) is 65.8 Å². The summed E-state index contributed by atoms with van der Waals surface area (Å²) in [6.07, 6.45) is 7.01. The van der Waals surface area contributed by atoms with E-state index in [4.69, 9.17) is 9.72 Å². The Morgan fingerprint density at radius 2 is 1.71 bits per heavy atom. The topological polar surface area (TPSA) is 131 Å². The van der Waals surface area contributed by atoms with Crippen molar-refractivity contribution in [2.75, 3.05) is 23.3 Å². The number of carbonyl (C=O) groups excluding carboxylic acids is 1. The van der Waals surface area contributed by atoms with Crippen LogP contribution in [0.2, 0.25) is 0 Å². The zero-order valence-electron chi connectivity index (χ0n) is 30.9. The number of fused-ring (bicyclic) bond motifs is 4. The van der Waals surface area contributed by atoms with Gasteiger partial charge in [-0.05, 0) is 79.7 Å². The molecule has 2 aromatic heterocycles. The summed E-state index contributed by atoms with van der Waals surface area (Å²) in [6, 6.07) is 13.7. The molecular weight excluding hydrogens is 663 g/mol. The zero-order chi connectivity index (χ0) is 36.7. The summed E-state index contributed by atoms with van der Waals surface area (Å²) < 4.78 is 36.5. The van der Waals surface area contributed by atoms with Gasteiger partial charge in [0.25, 0.3) is 15.9 Å². The van der Waals surface area contributed by atoms with Crippen LogP contribution in [0.4, 0.5) is 11.8 Å². The summed E-state index contributed by atoms with van der Waals surface area (Å²) in [5.74, 6) is 0.506. The number of hydrogen-bond donors (Lipinski definition) is 1. The van der Waals surface area contributed by atoms with Gasteiger partial charge >= 0.3 is 0 Å².